The highest BCUT2D eigenvalue weighted by molar-refractivity contribution is 5.76. The number of nitrogens with one attached hydrogen (secondary N) is 1. The van der Waals surface area contributed by atoms with E-state index < -0.39 is 12.1 Å². The molecule has 0 aliphatic heterocycles. The Morgan fingerprint density at radius 3 is 0.813 bits per heavy atom. The summed E-state index contributed by atoms with van der Waals surface area (Å²) in [7, 11) is 0. The summed E-state index contributed by atoms with van der Waals surface area (Å²) >= 11 is 0. The van der Waals surface area contributed by atoms with Gasteiger partial charge in [0.15, 0.2) is 0 Å². The monoisotopic (exact) mass is 1060 g/mol. The van der Waals surface area contributed by atoms with E-state index in [1.54, 1.807) is 0 Å². The number of ether oxygens (including phenoxy) is 1. The summed E-state index contributed by atoms with van der Waals surface area (Å²) in [6.07, 6.45) is 79.0. The summed E-state index contributed by atoms with van der Waals surface area (Å²) in [5.41, 5.74) is 0. The van der Waals surface area contributed by atoms with Gasteiger partial charge in [0.1, 0.15) is 0 Å². The maximum absolute atomic E-state index is 12.4. The number of carbonyl (C=O) groups excluding carboxylic acids is 2. The lowest BCUT2D eigenvalue weighted by atomic mass is 10.0. The van der Waals surface area contributed by atoms with Gasteiger partial charge in [0.25, 0.3) is 0 Å². The molecule has 0 spiro atoms. The SMILES string of the molecule is CCCCCCCCCCCCCCC(=O)OCCCCCCCCCCCCCCCCCCCCCCCCCCCCCCCCCCCCCCCC(=O)NC(CO)C(O)CCCCCCCCCCC. The quantitative estimate of drug-likeness (QED) is 0.0417. The van der Waals surface area contributed by atoms with E-state index in [1.165, 1.54) is 334 Å². The van der Waals surface area contributed by atoms with E-state index in [0.29, 0.717) is 25.9 Å². The van der Waals surface area contributed by atoms with E-state index in [1.807, 2.05) is 0 Å². The molecule has 6 nitrogen and oxygen atoms in total. The normalized spacial score (nSPS) is 12.4. The van der Waals surface area contributed by atoms with Crippen LogP contribution in [0.15, 0.2) is 0 Å². The fourth-order valence-electron chi connectivity index (χ4n) is 11.4. The second-order valence-corrected chi connectivity index (χ2v) is 24.2. The van der Waals surface area contributed by atoms with Crippen molar-refractivity contribution in [1.29, 1.82) is 0 Å². The molecule has 448 valence electrons. The Morgan fingerprint density at radius 2 is 0.547 bits per heavy atom. The maximum atomic E-state index is 12.4. The van der Waals surface area contributed by atoms with Gasteiger partial charge in [-0.15, -0.1) is 0 Å². The molecule has 1 amide bonds. The Morgan fingerprint density at radius 1 is 0.320 bits per heavy atom. The van der Waals surface area contributed by atoms with Gasteiger partial charge < -0.3 is 20.3 Å². The highest BCUT2D eigenvalue weighted by atomic mass is 16.5. The Kier molecular flexibility index (Phi) is 64.4. The van der Waals surface area contributed by atoms with E-state index >= 15 is 0 Å². The van der Waals surface area contributed by atoms with Crippen LogP contribution in [0.5, 0.6) is 0 Å². The van der Waals surface area contributed by atoms with Crippen molar-refractivity contribution < 1.29 is 24.5 Å². The predicted octanol–water partition coefficient (Wildman–Crippen LogP) is 22.2. The van der Waals surface area contributed by atoms with Crippen molar-refractivity contribution in [2.75, 3.05) is 13.2 Å². The molecule has 0 aliphatic rings. The molecule has 0 bridgehead atoms. The molecule has 0 fully saturated rings. The number of aliphatic hydroxyl groups is 2. The summed E-state index contributed by atoms with van der Waals surface area (Å²) in [4.78, 5) is 24.5. The highest BCUT2D eigenvalue weighted by Crippen LogP contribution is 2.19. The highest BCUT2D eigenvalue weighted by Gasteiger charge is 2.20. The third-order valence-electron chi connectivity index (χ3n) is 16.7. The van der Waals surface area contributed by atoms with Crippen molar-refractivity contribution in [2.45, 2.75) is 418 Å². The molecule has 0 aliphatic carbocycles. The van der Waals surface area contributed by atoms with Gasteiger partial charge in [0, 0.05) is 12.8 Å². The zero-order chi connectivity index (χ0) is 54.3. The van der Waals surface area contributed by atoms with Gasteiger partial charge in [-0.3, -0.25) is 9.59 Å². The van der Waals surface area contributed by atoms with Gasteiger partial charge in [0.2, 0.25) is 5.91 Å². The minimum absolute atomic E-state index is 0.0249. The van der Waals surface area contributed by atoms with Crippen LogP contribution in [0, 0.1) is 0 Å². The molecule has 0 saturated carbocycles. The molecule has 75 heavy (non-hydrogen) atoms. The number of aliphatic hydroxyl groups excluding tert-OH is 2. The van der Waals surface area contributed by atoms with E-state index in [9.17, 15) is 19.8 Å². The predicted molar refractivity (Wildman–Crippen MR) is 329 cm³/mol. The first kappa shape index (κ1) is 73.9. The molecule has 0 aromatic rings. The van der Waals surface area contributed by atoms with E-state index in [4.69, 9.17) is 4.74 Å². The smallest absolute Gasteiger partial charge is 0.305 e. The van der Waals surface area contributed by atoms with Crippen LogP contribution in [0.4, 0.5) is 0 Å². The van der Waals surface area contributed by atoms with Crippen LogP contribution in [0.3, 0.4) is 0 Å². The molecule has 0 rings (SSSR count). The number of unbranched alkanes of at least 4 members (excludes halogenated alkanes) is 55. The van der Waals surface area contributed by atoms with Crippen LogP contribution in [0.2, 0.25) is 0 Å². The average molecular weight is 1060 g/mol. The largest absolute Gasteiger partial charge is 0.466 e. The summed E-state index contributed by atoms with van der Waals surface area (Å²) in [5.74, 6) is -0.00439. The molecule has 0 aromatic heterocycles. The van der Waals surface area contributed by atoms with Gasteiger partial charge in [0.05, 0.1) is 25.4 Å². The van der Waals surface area contributed by atoms with Crippen molar-refractivity contribution in [3.05, 3.63) is 0 Å². The molecule has 0 radical (unpaired) electrons. The minimum atomic E-state index is -0.656. The zero-order valence-electron chi connectivity index (χ0n) is 51.3. The number of rotatable bonds is 66. The van der Waals surface area contributed by atoms with Crippen molar-refractivity contribution in [3.63, 3.8) is 0 Å². The topological polar surface area (TPSA) is 95.9 Å². The van der Waals surface area contributed by atoms with Crippen LogP contribution in [0.1, 0.15) is 406 Å². The van der Waals surface area contributed by atoms with Gasteiger partial charge in [-0.05, 0) is 25.7 Å². The Bertz CT molecular complexity index is 1080. The Hall–Kier alpha value is -1.14. The van der Waals surface area contributed by atoms with Crippen molar-refractivity contribution in [1.82, 2.24) is 5.32 Å². The van der Waals surface area contributed by atoms with Crippen molar-refractivity contribution in [3.8, 4) is 0 Å². The molecule has 0 aromatic carbocycles. The molecular weight excluding hydrogens is 923 g/mol. The molecule has 2 unspecified atom stereocenters. The fraction of sp³-hybridized carbons (Fsp3) is 0.971. The van der Waals surface area contributed by atoms with Gasteiger partial charge in [-0.1, -0.05) is 367 Å². The number of hydrogen-bond donors (Lipinski definition) is 3. The van der Waals surface area contributed by atoms with E-state index in [-0.39, 0.29) is 18.5 Å². The molecule has 0 saturated heterocycles. The standard InChI is InChI=1S/C69H137NO5/c1-3-5-7-9-11-13-14-43-47-51-55-59-63-69(74)75-64-60-56-52-48-44-41-39-37-35-33-31-29-27-25-23-21-19-17-15-16-18-20-22-24-26-28-30-32-34-36-38-40-42-46-50-54-58-62-68(73)70-66(65-71)67(72)61-57-53-49-45-12-10-8-6-4-2/h66-67,71-72H,3-65H2,1-2H3,(H,70,73). The van der Waals surface area contributed by atoms with Gasteiger partial charge in [-0.2, -0.15) is 0 Å². The summed E-state index contributed by atoms with van der Waals surface area (Å²) < 4.78 is 5.49. The van der Waals surface area contributed by atoms with Crippen LogP contribution in [-0.2, 0) is 14.3 Å². The maximum Gasteiger partial charge on any atom is 0.305 e. The first-order valence-electron chi connectivity index (χ1n) is 34.8. The summed E-state index contributed by atoms with van der Waals surface area (Å²) in [5, 5.41) is 23.1. The third-order valence-corrected chi connectivity index (χ3v) is 16.7. The van der Waals surface area contributed by atoms with Crippen LogP contribution in [-0.4, -0.2) is 47.4 Å². The summed E-state index contributed by atoms with van der Waals surface area (Å²) in [6.45, 7) is 4.97. The number of carbonyl (C=O) groups is 2. The number of amides is 1. The second kappa shape index (κ2) is 65.4. The second-order valence-electron chi connectivity index (χ2n) is 24.2. The van der Waals surface area contributed by atoms with Crippen LogP contribution < -0.4 is 5.32 Å². The molecule has 6 heteroatoms. The van der Waals surface area contributed by atoms with Crippen molar-refractivity contribution >= 4 is 11.9 Å². The first-order chi connectivity index (χ1) is 37.0. The Balaban J connectivity index is 3.25. The van der Waals surface area contributed by atoms with E-state index in [0.717, 1.165) is 38.5 Å². The molecule has 0 heterocycles. The lowest BCUT2D eigenvalue weighted by Gasteiger charge is -2.22. The molecular formula is C69H137NO5. The van der Waals surface area contributed by atoms with Crippen molar-refractivity contribution in [2.24, 2.45) is 0 Å². The van der Waals surface area contributed by atoms with Gasteiger partial charge >= 0.3 is 5.97 Å². The minimum Gasteiger partial charge on any atom is -0.466 e. The van der Waals surface area contributed by atoms with E-state index in [2.05, 4.69) is 19.2 Å². The molecule has 3 N–H and O–H groups in total. The number of esters is 1. The lowest BCUT2D eigenvalue weighted by Crippen LogP contribution is -2.45. The first-order valence-corrected chi connectivity index (χ1v) is 34.8. The number of hydrogen-bond acceptors (Lipinski definition) is 5. The van der Waals surface area contributed by atoms with Crippen LogP contribution in [0.25, 0.3) is 0 Å². The fourth-order valence-corrected chi connectivity index (χ4v) is 11.4. The van der Waals surface area contributed by atoms with Gasteiger partial charge in [-0.25, -0.2) is 0 Å². The molecule has 2 atom stereocenters. The summed E-state index contributed by atoms with van der Waals surface area (Å²) in [6, 6.07) is -0.533. The van der Waals surface area contributed by atoms with Crippen LogP contribution >= 0.6 is 0 Å². The average Bonchev–Trinajstić information content (AvgIpc) is 3.41. The Labute approximate surface area is 470 Å². The third kappa shape index (κ3) is 61.9. The lowest BCUT2D eigenvalue weighted by molar-refractivity contribution is -0.143. The zero-order valence-corrected chi connectivity index (χ0v) is 51.3.